The SMILES string of the molecule is O=C(c1cc(-c2cc(C(=O)N(Cc3ccccc3)Cc3ccccc3)c3ccccn23)n2ccccc12)N(Cc1ccccc1)Cc1ccccc1. The molecule has 4 heterocycles. The minimum Gasteiger partial charge on any atom is -0.330 e. The second-order valence-electron chi connectivity index (χ2n) is 13.1. The molecule has 254 valence electrons. The van der Waals surface area contributed by atoms with Crippen molar-refractivity contribution >= 4 is 22.8 Å². The minimum absolute atomic E-state index is 0.0586. The van der Waals surface area contributed by atoms with Crippen LogP contribution in [0.2, 0.25) is 0 Å². The molecule has 2 amide bonds. The zero-order valence-electron chi connectivity index (χ0n) is 28.8. The van der Waals surface area contributed by atoms with E-state index in [-0.39, 0.29) is 11.8 Å². The molecule has 0 saturated carbocycles. The van der Waals surface area contributed by atoms with Crippen molar-refractivity contribution in [3.8, 4) is 11.4 Å². The average molecular weight is 679 g/mol. The molecule has 8 aromatic rings. The number of amides is 2. The molecule has 0 saturated heterocycles. The summed E-state index contributed by atoms with van der Waals surface area (Å²) in [6.45, 7) is 1.89. The number of rotatable bonds is 11. The zero-order chi connectivity index (χ0) is 35.3. The molecule has 0 spiro atoms. The lowest BCUT2D eigenvalue weighted by atomic mass is 10.1. The van der Waals surface area contributed by atoms with Crippen LogP contribution >= 0.6 is 0 Å². The van der Waals surface area contributed by atoms with Gasteiger partial charge in [-0.1, -0.05) is 133 Å². The predicted octanol–water partition coefficient (Wildman–Crippen LogP) is 9.54. The summed E-state index contributed by atoms with van der Waals surface area (Å²) in [6, 6.07) is 56.2. The van der Waals surface area contributed by atoms with Crippen molar-refractivity contribution in [2.45, 2.75) is 26.2 Å². The van der Waals surface area contributed by atoms with E-state index in [4.69, 9.17) is 0 Å². The third kappa shape index (κ3) is 6.74. The summed E-state index contributed by atoms with van der Waals surface area (Å²) >= 11 is 0. The van der Waals surface area contributed by atoms with Crippen molar-refractivity contribution in [2.24, 2.45) is 0 Å². The van der Waals surface area contributed by atoms with Crippen LogP contribution in [0.4, 0.5) is 0 Å². The standard InChI is InChI=1S/C46H38N4O2/c51-45(47(31-35-17-5-1-6-18-35)32-36-19-7-2-8-20-36)39-29-43(49-27-15-13-25-41(39)49)44-30-40(42-26-14-16-28-50(42)44)46(52)48(33-37-21-9-3-10-22-37)34-38-23-11-4-12-24-38/h1-30H,31-34H2. The second kappa shape index (κ2) is 14.7. The predicted molar refractivity (Wildman–Crippen MR) is 207 cm³/mol. The number of nitrogens with zero attached hydrogens (tertiary/aromatic N) is 4. The summed E-state index contributed by atoms with van der Waals surface area (Å²) in [5.41, 5.74) is 8.74. The van der Waals surface area contributed by atoms with Crippen LogP contribution < -0.4 is 0 Å². The van der Waals surface area contributed by atoms with Crippen LogP contribution in [0.25, 0.3) is 22.4 Å². The molecule has 0 atom stereocenters. The Morgan fingerprint density at radius 2 is 0.673 bits per heavy atom. The van der Waals surface area contributed by atoms with Crippen molar-refractivity contribution in [2.75, 3.05) is 0 Å². The highest BCUT2D eigenvalue weighted by molar-refractivity contribution is 6.05. The Morgan fingerprint density at radius 3 is 0.981 bits per heavy atom. The molecule has 8 rings (SSSR count). The number of hydrogen-bond donors (Lipinski definition) is 0. The van der Waals surface area contributed by atoms with Crippen LogP contribution in [0.5, 0.6) is 0 Å². The Balaban J connectivity index is 1.21. The van der Waals surface area contributed by atoms with Gasteiger partial charge < -0.3 is 18.6 Å². The van der Waals surface area contributed by atoms with E-state index in [1.165, 1.54) is 0 Å². The number of aromatic nitrogens is 2. The third-order valence-electron chi connectivity index (χ3n) is 9.52. The molecule has 6 heteroatoms. The van der Waals surface area contributed by atoms with E-state index in [0.29, 0.717) is 37.3 Å². The maximum Gasteiger partial charge on any atom is 0.256 e. The van der Waals surface area contributed by atoms with Gasteiger partial charge in [-0.25, -0.2) is 0 Å². The van der Waals surface area contributed by atoms with Crippen molar-refractivity contribution in [3.05, 3.63) is 216 Å². The molecule has 0 aliphatic carbocycles. The Kier molecular flexibility index (Phi) is 9.18. The highest BCUT2D eigenvalue weighted by Gasteiger charge is 2.26. The lowest BCUT2D eigenvalue weighted by molar-refractivity contribution is 0.0725. The summed E-state index contributed by atoms with van der Waals surface area (Å²) in [4.78, 5) is 33.2. The van der Waals surface area contributed by atoms with Crippen LogP contribution in [0.1, 0.15) is 43.0 Å². The molecule has 6 nitrogen and oxygen atoms in total. The summed E-state index contributed by atoms with van der Waals surface area (Å²) < 4.78 is 4.12. The summed E-state index contributed by atoms with van der Waals surface area (Å²) in [5, 5.41) is 0. The molecule has 52 heavy (non-hydrogen) atoms. The first-order valence-corrected chi connectivity index (χ1v) is 17.6. The van der Waals surface area contributed by atoms with Crippen LogP contribution in [0.3, 0.4) is 0 Å². The molecular weight excluding hydrogens is 641 g/mol. The zero-order valence-corrected chi connectivity index (χ0v) is 28.8. The number of pyridine rings is 2. The van der Waals surface area contributed by atoms with Gasteiger partial charge in [-0.2, -0.15) is 0 Å². The first kappa shape index (κ1) is 32.5. The molecule has 4 aromatic carbocycles. The first-order chi connectivity index (χ1) is 25.6. The molecular formula is C46H38N4O2. The van der Waals surface area contributed by atoms with Gasteiger partial charge in [0.1, 0.15) is 0 Å². The van der Waals surface area contributed by atoms with E-state index in [9.17, 15) is 9.59 Å². The van der Waals surface area contributed by atoms with Gasteiger partial charge in [-0.15, -0.1) is 0 Å². The maximum absolute atomic E-state index is 14.7. The van der Waals surface area contributed by atoms with Gasteiger partial charge in [0.2, 0.25) is 0 Å². The van der Waals surface area contributed by atoms with E-state index in [1.807, 2.05) is 144 Å². The third-order valence-corrected chi connectivity index (χ3v) is 9.52. The van der Waals surface area contributed by atoms with E-state index < -0.39 is 0 Å². The average Bonchev–Trinajstić information content (AvgIpc) is 3.78. The number of benzene rings is 4. The molecule has 0 aliphatic rings. The van der Waals surface area contributed by atoms with Gasteiger partial charge in [-0.3, -0.25) is 9.59 Å². The minimum atomic E-state index is -0.0586. The Labute approximate surface area is 303 Å². The fourth-order valence-corrected chi connectivity index (χ4v) is 7.00. The fraction of sp³-hybridized carbons (Fsp3) is 0.0870. The quantitative estimate of drug-likeness (QED) is 0.137. The normalized spacial score (nSPS) is 11.2. The van der Waals surface area contributed by atoms with Gasteiger partial charge in [0.05, 0.1) is 33.5 Å². The van der Waals surface area contributed by atoms with Crippen LogP contribution in [0, 0.1) is 0 Å². The van der Waals surface area contributed by atoms with Gasteiger partial charge in [0.15, 0.2) is 0 Å². The van der Waals surface area contributed by atoms with Gasteiger partial charge in [0, 0.05) is 38.6 Å². The summed E-state index contributed by atoms with van der Waals surface area (Å²) in [6.07, 6.45) is 3.97. The van der Waals surface area contributed by atoms with Crippen LogP contribution in [-0.2, 0) is 26.2 Å². The Bertz CT molecular complexity index is 2190. The van der Waals surface area contributed by atoms with Gasteiger partial charge in [0.25, 0.3) is 11.8 Å². The molecule has 0 radical (unpaired) electrons. The molecule has 0 unspecified atom stereocenters. The Morgan fingerprint density at radius 1 is 0.385 bits per heavy atom. The number of hydrogen-bond acceptors (Lipinski definition) is 2. The summed E-state index contributed by atoms with van der Waals surface area (Å²) in [5.74, 6) is -0.117. The van der Waals surface area contributed by atoms with E-state index in [1.54, 1.807) is 0 Å². The lowest BCUT2D eigenvalue weighted by Gasteiger charge is -2.23. The molecule has 4 aromatic heterocycles. The molecule has 0 bridgehead atoms. The highest BCUT2D eigenvalue weighted by Crippen LogP contribution is 2.32. The lowest BCUT2D eigenvalue weighted by Crippen LogP contribution is -2.30. The topological polar surface area (TPSA) is 49.4 Å². The van der Waals surface area contributed by atoms with Gasteiger partial charge in [-0.05, 0) is 58.7 Å². The van der Waals surface area contributed by atoms with Crippen LogP contribution in [-0.4, -0.2) is 30.4 Å². The van der Waals surface area contributed by atoms with Crippen molar-refractivity contribution in [1.82, 2.24) is 18.6 Å². The van der Waals surface area contributed by atoms with E-state index in [2.05, 4.69) is 57.3 Å². The monoisotopic (exact) mass is 678 g/mol. The number of carbonyl (C=O) groups is 2. The van der Waals surface area contributed by atoms with E-state index in [0.717, 1.165) is 44.7 Å². The molecule has 0 N–H and O–H groups in total. The first-order valence-electron chi connectivity index (χ1n) is 17.6. The summed E-state index contributed by atoms with van der Waals surface area (Å²) in [7, 11) is 0. The fourth-order valence-electron chi connectivity index (χ4n) is 7.00. The Hall–Kier alpha value is -6.66. The number of fused-ring (bicyclic) bond motifs is 2. The van der Waals surface area contributed by atoms with Crippen molar-refractivity contribution in [1.29, 1.82) is 0 Å². The maximum atomic E-state index is 14.7. The molecule has 0 aliphatic heterocycles. The van der Waals surface area contributed by atoms with Crippen molar-refractivity contribution in [3.63, 3.8) is 0 Å². The number of carbonyl (C=O) groups excluding carboxylic acids is 2. The largest absolute Gasteiger partial charge is 0.330 e. The molecule has 0 fully saturated rings. The highest BCUT2D eigenvalue weighted by atomic mass is 16.2. The van der Waals surface area contributed by atoms with Crippen LogP contribution in [0.15, 0.2) is 182 Å². The van der Waals surface area contributed by atoms with E-state index >= 15 is 0 Å². The second-order valence-corrected chi connectivity index (χ2v) is 13.1. The smallest absolute Gasteiger partial charge is 0.256 e. The van der Waals surface area contributed by atoms with Gasteiger partial charge >= 0.3 is 0 Å². The van der Waals surface area contributed by atoms with Crippen molar-refractivity contribution < 1.29 is 9.59 Å².